The second kappa shape index (κ2) is 8.57. The van der Waals surface area contributed by atoms with Crippen molar-refractivity contribution in [3.63, 3.8) is 0 Å². The Morgan fingerprint density at radius 2 is 1.94 bits per heavy atom. The molecule has 194 valence electrons. The summed E-state index contributed by atoms with van der Waals surface area (Å²) in [6, 6.07) is 0. The van der Waals surface area contributed by atoms with Gasteiger partial charge in [-0.2, -0.15) is 0 Å². The summed E-state index contributed by atoms with van der Waals surface area (Å²) in [5, 5.41) is 22.6. The molecule has 2 N–H and O–H groups in total. The van der Waals surface area contributed by atoms with E-state index >= 15 is 0 Å². The average Bonchev–Trinajstić information content (AvgIpc) is 2.98. The van der Waals surface area contributed by atoms with Crippen LogP contribution in [0.15, 0.2) is 23.8 Å². The third-order valence-corrected chi connectivity index (χ3v) is 8.95. The van der Waals surface area contributed by atoms with E-state index in [0.717, 1.165) is 0 Å². The Morgan fingerprint density at radius 1 is 1.29 bits per heavy atom. The molecule has 3 fully saturated rings. The van der Waals surface area contributed by atoms with Gasteiger partial charge in [0, 0.05) is 32.1 Å². The fourth-order valence-corrected chi connectivity index (χ4v) is 6.85. The summed E-state index contributed by atoms with van der Waals surface area (Å²) in [5.41, 5.74) is -4.25. The van der Waals surface area contributed by atoms with Crippen LogP contribution in [-0.2, 0) is 33.3 Å². The van der Waals surface area contributed by atoms with Gasteiger partial charge in [0.05, 0.1) is 23.0 Å². The second-order valence-electron chi connectivity index (χ2n) is 10.4. The fourth-order valence-electron chi connectivity index (χ4n) is 6.47. The molecule has 3 saturated heterocycles. The number of carbonyl (C=O) groups is 3. The first-order chi connectivity index (χ1) is 16.2. The molecule has 0 amide bonds. The van der Waals surface area contributed by atoms with Gasteiger partial charge in [-0.25, -0.2) is 4.79 Å². The molecule has 3 heterocycles. The highest BCUT2D eigenvalue weighted by molar-refractivity contribution is 6.23. The second-order valence-corrected chi connectivity index (χ2v) is 10.9. The number of carbonyl (C=O) groups excluding carboxylic acids is 3. The highest BCUT2D eigenvalue weighted by atomic mass is 35.5. The van der Waals surface area contributed by atoms with Gasteiger partial charge in [0.2, 0.25) is 0 Å². The minimum atomic E-state index is -2.24. The lowest BCUT2D eigenvalue weighted by Gasteiger charge is -2.60. The number of rotatable bonds is 3. The van der Waals surface area contributed by atoms with Crippen LogP contribution in [-0.4, -0.2) is 75.2 Å². The quantitative estimate of drug-likeness (QED) is 0.252. The van der Waals surface area contributed by atoms with Crippen LogP contribution in [0.5, 0.6) is 0 Å². The molecule has 35 heavy (non-hydrogen) atoms. The van der Waals surface area contributed by atoms with E-state index in [4.69, 9.17) is 30.5 Å². The zero-order chi connectivity index (χ0) is 26.1. The van der Waals surface area contributed by atoms with Crippen molar-refractivity contribution in [1.29, 1.82) is 0 Å². The molecular formula is C25H33ClO9. The van der Waals surface area contributed by atoms with Crippen molar-refractivity contribution in [2.45, 2.75) is 101 Å². The van der Waals surface area contributed by atoms with Crippen LogP contribution in [0.4, 0.5) is 0 Å². The minimum Gasteiger partial charge on any atom is -0.461 e. The number of aliphatic hydroxyl groups excluding tert-OH is 1. The third kappa shape index (κ3) is 3.49. The molecule has 10 atom stereocenters. The van der Waals surface area contributed by atoms with Gasteiger partial charge in [-0.3, -0.25) is 9.59 Å². The number of fused-ring (bicyclic) bond motifs is 2. The van der Waals surface area contributed by atoms with Gasteiger partial charge in [-0.15, -0.1) is 11.6 Å². The van der Waals surface area contributed by atoms with Crippen LogP contribution in [0.1, 0.15) is 53.9 Å². The molecule has 0 aromatic rings. The summed E-state index contributed by atoms with van der Waals surface area (Å²) < 4.78 is 23.5. The number of aliphatic hydroxyl groups is 2. The number of hydrogen-bond acceptors (Lipinski definition) is 9. The zero-order valence-corrected chi connectivity index (χ0v) is 21.3. The van der Waals surface area contributed by atoms with Crippen molar-refractivity contribution in [3.05, 3.63) is 23.8 Å². The predicted octanol–water partition coefficient (Wildman–Crippen LogP) is 1.95. The van der Waals surface area contributed by atoms with Crippen LogP contribution in [0.3, 0.4) is 0 Å². The molecule has 0 saturated carbocycles. The van der Waals surface area contributed by atoms with Crippen LogP contribution < -0.4 is 0 Å². The maximum Gasteiger partial charge on any atom is 0.341 e. The van der Waals surface area contributed by atoms with Crippen LogP contribution in [0, 0.1) is 11.3 Å². The maximum absolute atomic E-state index is 12.8. The third-order valence-electron chi connectivity index (χ3n) is 8.44. The van der Waals surface area contributed by atoms with Gasteiger partial charge in [0.15, 0.2) is 17.3 Å². The smallest absolute Gasteiger partial charge is 0.341 e. The molecule has 0 radical (unpaired) electrons. The van der Waals surface area contributed by atoms with Gasteiger partial charge in [-0.05, 0) is 19.4 Å². The highest BCUT2D eigenvalue weighted by Gasteiger charge is 2.77. The lowest BCUT2D eigenvalue weighted by molar-refractivity contribution is -0.286. The molecule has 1 aliphatic carbocycles. The summed E-state index contributed by atoms with van der Waals surface area (Å²) in [6.07, 6.45) is -2.95. The first-order valence-electron chi connectivity index (χ1n) is 11.9. The maximum atomic E-state index is 12.8. The van der Waals surface area contributed by atoms with Crippen LogP contribution >= 0.6 is 11.6 Å². The van der Waals surface area contributed by atoms with E-state index in [0.29, 0.717) is 17.6 Å². The molecular weight excluding hydrogens is 480 g/mol. The standard InChI is InChI=1S/C25H33ClO9/c1-7-17(28)33-16-10-14-12(3)19(26)21-25(35-14,24(6,31)22(30)34-21)20(29)18-11(2)8-9-15(23(16,18)5)32-13(4)27/h8,14-16,18-21,29,31H,3,7,9-10H2,1-2,4-6H3/t14-,15+,16+,18-,19+,20-,21+,23-,24-,25+/m1/s1. The Bertz CT molecular complexity index is 989. The van der Waals surface area contributed by atoms with E-state index in [2.05, 4.69) is 6.58 Å². The van der Waals surface area contributed by atoms with Crippen LogP contribution in [0.25, 0.3) is 0 Å². The number of halogens is 1. The summed E-state index contributed by atoms with van der Waals surface area (Å²) in [6.45, 7) is 11.8. The molecule has 4 aliphatic rings. The molecule has 4 rings (SSSR count). The topological polar surface area (TPSA) is 129 Å². The Morgan fingerprint density at radius 3 is 2.54 bits per heavy atom. The monoisotopic (exact) mass is 512 g/mol. The molecule has 1 spiro atoms. The van der Waals surface area contributed by atoms with Gasteiger partial charge in [-0.1, -0.05) is 32.1 Å². The van der Waals surface area contributed by atoms with E-state index in [1.54, 1.807) is 20.8 Å². The molecule has 3 aliphatic heterocycles. The Labute approximate surface area is 209 Å². The summed E-state index contributed by atoms with van der Waals surface area (Å²) in [7, 11) is 0. The van der Waals surface area contributed by atoms with Crippen LogP contribution in [0.2, 0.25) is 0 Å². The van der Waals surface area contributed by atoms with E-state index in [-0.39, 0.29) is 12.8 Å². The van der Waals surface area contributed by atoms with Crippen molar-refractivity contribution < 1.29 is 43.5 Å². The number of alkyl halides is 1. The van der Waals surface area contributed by atoms with E-state index < -0.39 is 76.3 Å². The summed E-state index contributed by atoms with van der Waals surface area (Å²) in [5.74, 6) is -2.81. The van der Waals surface area contributed by atoms with Crippen molar-refractivity contribution >= 4 is 29.5 Å². The van der Waals surface area contributed by atoms with E-state index in [9.17, 15) is 24.6 Å². The Kier molecular flexibility index (Phi) is 6.40. The molecule has 0 aromatic heterocycles. The highest BCUT2D eigenvalue weighted by Crippen LogP contribution is 2.60. The average molecular weight is 513 g/mol. The first-order valence-corrected chi connectivity index (χ1v) is 12.3. The Hall–Kier alpha value is -1.94. The van der Waals surface area contributed by atoms with Gasteiger partial charge < -0.3 is 29.2 Å². The zero-order valence-electron chi connectivity index (χ0n) is 20.6. The molecule has 0 aromatic carbocycles. The number of esters is 3. The number of ether oxygens (including phenoxy) is 4. The van der Waals surface area contributed by atoms with Gasteiger partial charge in [0.25, 0.3) is 0 Å². The largest absolute Gasteiger partial charge is 0.461 e. The summed E-state index contributed by atoms with van der Waals surface area (Å²) >= 11 is 6.70. The van der Waals surface area contributed by atoms with Gasteiger partial charge in [0.1, 0.15) is 12.2 Å². The molecule has 9 nitrogen and oxygen atoms in total. The Balaban J connectivity index is 1.97. The van der Waals surface area contributed by atoms with E-state index in [1.807, 2.05) is 6.08 Å². The minimum absolute atomic E-state index is 0.0668. The molecule has 0 unspecified atom stereocenters. The molecule has 10 heteroatoms. The van der Waals surface area contributed by atoms with Crippen molar-refractivity contribution in [2.24, 2.45) is 11.3 Å². The number of hydrogen-bond donors (Lipinski definition) is 2. The lowest BCUT2D eigenvalue weighted by atomic mass is 9.54. The fraction of sp³-hybridized carbons (Fsp3) is 0.720. The van der Waals surface area contributed by atoms with Crippen molar-refractivity contribution in [3.8, 4) is 0 Å². The SMILES string of the molecule is C=C1[C@H]2C[C@H](OC(=O)CC)[C@@]3(C)[C@@H](OC(C)=O)CC=C(C)[C@@H]3[C@@H](O)[C@]3(O2)[C@@H](OC(=O)[C@@]3(C)O)[C@H]1Cl. The first kappa shape index (κ1) is 26.1. The molecule has 2 bridgehead atoms. The van der Waals surface area contributed by atoms with Crippen molar-refractivity contribution in [1.82, 2.24) is 0 Å². The van der Waals surface area contributed by atoms with E-state index in [1.165, 1.54) is 13.8 Å². The van der Waals surface area contributed by atoms with Crippen molar-refractivity contribution in [2.75, 3.05) is 0 Å². The predicted molar refractivity (Wildman–Crippen MR) is 123 cm³/mol. The summed E-state index contributed by atoms with van der Waals surface area (Å²) in [4.78, 5) is 37.4. The van der Waals surface area contributed by atoms with Gasteiger partial charge >= 0.3 is 17.9 Å². The lowest BCUT2D eigenvalue weighted by Crippen LogP contribution is -2.75. The normalized spacial score (nSPS) is 46.9.